The number of carbonyl (C=O) groups excluding carboxylic acids is 1. The molecule has 0 unspecified atom stereocenters. The number of allylic oxidation sites excluding steroid dienone is 1. The summed E-state index contributed by atoms with van der Waals surface area (Å²) in [6.45, 7) is 5.79. The minimum atomic E-state index is -2.16. The molecule has 0 aliphatic carbocycles. The molecule has 0 spiro atoms. The first kappa shape index (κ1) is 13.5. The van der Waals surface area contributed by atoms with Gasteiger partial charge in [-0.05, 0) is 25.2 Å². The molecule has 92 valence electrons. The Labute approximate surface area is 103 Å². The van der Waals surface area contributed by atoms with Gasteiger partial charge in [0.05, 0.1) is 6.26 Å². The Morgan fingerprint density at radius 1 is 1.29 bits per heavy atom. The highest BCUT2D eigenvalue weighted by atomic mass is 28.4. The van der Waals surface area contributed by atoms with Gasteiger partial charge in [-0.25, -0.2) is 4.79 Å². The Morgan fingerprint density at radius 3 is 2.53 bits per heavy atom. The van der Waals surface area contributed by atoms with E-state index in [1.165, 1.54) is 6.26 Å². The van der Waals surface area contributed by atoms with Gasteiger partial charge in [-0.15, -0.1) is 0 Å². The molecule has 1 aromatic carbocycles. The second-order valence-electron chi connectivity index (χ2n) is 4.13. The summed E-state index contributed by atoms with van der Waals surface area (Å²) in [7, 11) is -2.16. The summed E-state index contributed by atoms with van der Waals surface area (Å²) in [5.74, 6) is -0.316. The van der Waals surface area contributed by atoms with E-state index in [4.69, 9.17) is 9.16 Å². The van der Waals surface area contributed by atoms with E-state index in [9.17, 15) is 4.79 Å². The van der Waals surface area contributed by atoms with Gasteiger partial charge >= 0.3 is 5.97 Å². The van der Waals surface area contributed by atoms with Crippen LogP contribution in [0.2, 0.25) is 13.1 Å². The monoisotopic (exact) mass is 250 g/mol. The zero-order valence-electron chi connectivity index (χ0n) is 10.5. The molecule has 0 fully saturated rings. The minimum absolute atomic E-state index is 0.0341. The van der Waals surface area contributed by atoms with Crippen LogP contribution in [0.25, 0.3) is 0 Å². The third-order valence-corrected chi connectivity index (χ3v) is 4.73. The molecule has 0 heterocycles. The van der Waals surface area contributed by atoms with E-state index in [2.05, 4.69) is 0 Å². The Morgan fingerprint density at radius 2 is 1.94 bits per heavy atom. The van der Waals surface area contributed by atoms with Crippen molar-refractivity contribution in [2.75, 3.05) is 6.61 Å². The van der Waals surface area contributed by atoms with Gasteiger partial charge in [0.15, 0.2) is 6.61 Å². The molecule has 0 radical (unpaired) electrons. The molecule has 0 saturated heterocycles. The summed E-state index contributed by atoms with van der Waals surface area (Å²) >= 11 is 0. The maximum atomic E-state index is 11.6. The summed E-state index contributed by atoms with van der Waals surface area (Å²) in [5, 5.41) is 1.10. The topological polar surface area (TPSA) is 35.5 Å². The normalized spacial score (nSPS) is 11.5. The first-order valence-electron chi connectivity index (χ1n) is 5.56. The van der Waals surface area contributed by atoms with Crippen LogP contribution in [0.3, 0.4) is 0 Å². The standard InChI is InChI=1S/C13H18O3Si/c1-4-10-15-11-13(14)16-17(2,3)12-8-6-5-7-9-12/h4-10H,11H2,1-3H3. The first-order chi connectivity index (χ1) is 8.06. The molecular weight excluding hydrogens is 232 g/mol. The van der Waals surface area contributed by atoms with E-state index in [0.29, 0.717) is 0 Å². The van der Waals surface area contributed by atoms with Crippen LogP contribution in [0.1, 0.15) is 6.92 Å². The maximum Gasteiger partial charge on any atom is 0.331 e. The average molecular weight is 250 g/mol. The quantitative estimate of drug-likeness (QED) is 0.593. The van der Waals surface area contributed by atoms with Crippen LogP contribution in [0.15, 0.2) is 42.7 Å². The predicted molar refractivity (Wildman–Crippen MR) is 70.4 cm³/mol. The highest BCUT2D eigenvalue weighted by Gasteiger charge is 2.29. The highest BCUT2D eigenvalue weighted by molar-refractivity contribution is 6.85. The molecule has 0 saturated carbocycles. The summed E-state index contributed by atoms with van der Waals surface area (Å²) < 4.78 is 10.5. The number of ether oxygens (including phenoxy) is 1. The Balaban J connectivity index is 2.58. The molecule has 0 amide bonds. The second kappa shape index (κ2) is 6.25. The lowest BCUT2D eigenvalue weighted by Gasteiger charge is -2.22. The van der Waals surface area contributed by atoms with Gasteiger partial charge in [0.1, 0.15) is 0 Å². The largest absolute Gasteiger partial charge is 0.513 e. The average Bonchev–Trinajstić information content (AvgIpc) is 2.30. The summed E-state index contributed by atoms with van der Waals surface area (Å²) in [6, 6.07) is 9.84. The molecular formula is C13H18O3Si. The van der Waals surface area contributed by atoms with E-state index in [0.717, 1.165) is 5.19 Å². The molecule has 17 heavy (non-hydrogen) atoms. The van der Waals surface area contributed by atoms with Crippen LogP contribution in [-0.2, 0) is 14.0 Å². The smallest absolute Gasteiger partial charge is 0.331 e. The molecule has 0 aromatic heterocycles. The minimum Gasteiger partial charge on any atom is -0.513 e. The number of hydrogen-bond acceptors (Lipinski definition) is 3. The number of benzene rings is 1. The van der Waals surface area contributed by atoms with E-state index >= 15 is 0 Å². The zero-order valence-corrected chi connectivity index (χ0v) is 11.5. The summed E-state index contributed by atoms with van der Waals surface area (Å²) in [6.07, 6.45) is 3.21. The van der Waals surface area contributed by atoms with Crippen molar-refractivity contribution in [1.29, 1.82) is 0 Å². The molecule has 0 aliphatic rings. The third kappa shape index (κ3) is 4.44. The highest BCUT2D eigenvalue weighted by Crippen LogP contribution is 2.05. The maximum absolute atomic E-state index is 11.6. The van der Waals surface area contributed by atoms with Crippen molar-refractivity contribution in [2.45, 2.75) is 20.0 Å². The number of rotatable bonds is 5. The van der Waals surface area contributed by atoms with Crippen molar-refractivity contribution in [3.8, 4) is 0 Å². The van der Waals surface area contributed by atoms with Crippen molar-refractivity contribution in [2.24, 2.45) is 0 Å². The molecule has 0 aliphatic heterocycles. The van der Waals surface area contributed by atoms with Crippen molar-refractivity contribution in [3.05, 3.63) is 42.7 Å². The fraction of sp³-hybridized carbons (Fsp3) is 0.308. The lowest BCUT2D eigenvalue weighted by molar-refractivity contribution is -0.138. The number of carbonyl (C=O) groups is 1. The van der Waals surface area contributed by atoms with E-state index < -0.39 is 8.32 Å². The molecule has 1 aromatic rings. The van der Waals surface area contributed by atoms with Crippen LogP contribution in [0.5, 0.6) is 0 Å². The Bertz CT molecular complexity index is 385. The first-order valence-corrected chi connectivity index (χ1v) is 8.47. The molecule has 4 heteroatoms. The van der Waals surface area contributed by atoms with Crippen LogP contribution in [0.4, 0.5) is 0 Å². The van der Waals surface area contributed by atoms with Crippen LogP contribution < -0.4 is 5.19 Å². The van der Waals surface area contributed by atoms with Gasteiger partial charge in [0.2, 0.25) is 0 Å². The lowest BCUT2D eigenvalue weighted by Crippen LogP contribution is -2.46. The summed E-state index contributed by atoms with van der Waals surface area (Å²) in [5.41, 5.74) is 0. The van der Waals surface area contributed by atoms with Crippen LogP contribution >= 0.6 is 0 Å². The SMILES string of the molecule is CC=COCC(=O)O[Si](C)(C)c1ccccc1. The van der Waals surface area contributed by atoms with Crippen molar-refractivity contribution in [3.63, 3.8) is 0 Å². The van der Waals surface area contributed by atoms with Gasteiger partial charge in [-0.1, -0.05) is 36.4 Å². The zero-order chi connectivity index (χ0) is 12.7. The van der Waals surface area contributed by atoms with Crippen LogP contribution in [0, 0.1) is 0 Å². The fourth-order valence-corrected chi connectivity index (χ4v) is 3.17. The van der Waals surface area contributed by atoms with Crippen molar-refractivity contribution in [1.82, 2.24) is 0 Å². The molecule has 0 atom stereocenters. The summed E-state index contributed by atoms with van der Waals surface area (Å²) in [4.78, 5) is 11.6. The molecule has 3 nitrogen and oxygen atoms in total. The van der Waals surface area contributed by atoms with Crippen LogP contribution in [-0.4, -0.2) is 20.9 Å². The molecule has 1 rings (SSSR count). The lowest BCUT2D eigenvalue weighted by atomic mass is 10.4. The van der Waals surface area contributed by atoms with Gasteiger partial charge in [0, 0.05) is 0 Å². The van der Waals surface area contributed by atoms with E-state index in [1.807, 2.05) is 50.3 Å². The Kier molecular flexibility index (Phi) is 4.97. The molecule has 0 N–H and O–H groups in total. The second-order valence-corrected chi connectivity index (χ2v) is 7.93. The van der Waals surface area contributed by atoms with E-state index in [1.54, 1.807) is 6.08 Å². The van der Waals surface area contributed by atoms with Gasteiger partial charge < -0.3 is 9.16 Å². The van der Waals surface area contributed by atoms with Crippen molar-refractivity contribution >= 4 is 19.5 Å². The molecule has 0 bridgehead atoms. The fourth-order valence-electron chi connectivity index (χ4n) is 1.42. The van der Waals surface area contributed by atoms with Gasteiger partial charge in [-0.3, -0.25) is 0 Å². The van der Waals surface area contributed by atoms with Crippen molar-refractivity contribution < 1.29 is 14.0 Å². The Hall–Kier alpha value is -1.55. The van der Waals surface area contributed by atoms with E-state index in [-0.39, 0.29) is 12.6 Å². The van der Waals surface area contributed by atoms with Gasteiger partial charge in [0.25, 0.3) is 8.32 Å². The number of hydrogen-bond donors (Lipinski definition) is 0. The predicted octanol–water partition coefficient (Wildman–Crippen LogP) is 2.19. The van der Waals surface area contributed by atoms with Gasteiger partial charge in [-0.2, -0.15) is 0 Å². The third-order valence-electron chi connectivity index (χ3n) is 2.27.